The van der Waals surface area contributed by atoms with Crippen LogP contribution in [0.1, 0.15) is 43.6 Å². The number of hydrogen-bond acceptors (Lipinski definition) is 4. The lowest BCUT2D eigenvalue weighted by atomic mass is 10.1. The summed E-state index contributed by atoms with van der Waals surface area (Å²) in [6.45, 7) is 8.30. The number of pyridine rings is 1. The molecule has 3 heterocycles. The fraction of sp³-hybridized carbons (Fsp3) is 0.524. The molecule has 0 bridgehead atoms. The van der Waals surface area contributed by atoms with Crippen LogP contribution in [-0.4, -0.2) is 59.0 Å². The number of amides is 1. The minimum absolute atomic E-state index is 0.0261. The van der Waals surface area contributed by atoms with E-state index in [1.54, 1.807) is 0 Å². The molecule has 26 heavy (non-hydrogen) atoms. The minimum Gasteiger partial charge on any atom is -0.488 e. The second-order valence-electron chi connectivity index (χ2n) is 7.62. The van der Waals surface area contributed by atoms with Gasteiger partial charge in [-0.2, -0.15) is 0 Å². The van der Waals surface area contributed by atoms with Crippen molar-refractivity contribution in [2.24, 2.45) is 0 Å². The van der Waals surface area contributed by atoms with Crippen LogP contribution < -0.4 is 4.74 Å². The van der Waals surface area contributed by atoms with Gasteiger partial charge in [0, 0.05) is 37.6 Å². The summed E-state index contributed by atoms with van der Waals surface area (Å²) in [5.74, 6) is 0.821. The van der Waals surface area contributed by atoms with Gasteiger partial charge in [0.2, 0.25) is 0 Å². The zero-order valence-corrected chi connectivity index (χ0v) is 15.6. The molecule has 1 amide bonds. The van der Waals surface area contributed by atoms with Crippen LogP contribution in [0.15, 0.2) is 30.3 Å². The first-order chi connectivity index (χ1) is 12.6. The predicted molar refractivity (Wildman–Crippen MR) is 103 cm³/mol. The number of hydrogen-bond donors (Lipinski definition) is 0. The van der Waals surface area contributed by atoms with E-state index in [1.807, 2.05) is 35.2 Å². The maximum atomic E-state index is 12.5. The number of nitrogens with zero attached hydrogens (tertiary/aromatic N) is 3. The van der Waals surface area contributed by atoms with Crippen LogP contribution in [0.2, 0.25) is 0 Å². The van der Waals surface area contributed by atoms with Gasteiger partial charge in [0.15, 0.2) is 0 Å². The Morgan fingerprint density at radius 2 is 1.88 bits per heavy atom. The van der Waals surface area contributed by atoms with E-state index >= 15 is 0 Å². The van der Waals surface area contributed by atoms with Crippen LogP contribution in [0.5, 0.6) is 5.75 Å². The number of rotatable bonds is 4. The number of benzene rings is 1. The van der Waals surface area contributed by atoms with Crippen molar-refractivity contribution in [3.63, 3.8) is 0 Å². The highest BCUT2D eigenvalue weighted by Crippen LogP contribution is 2.28. The Bertz CT molecular complexity index is 793. The summed E-state index contributed by atoms with van der Waals surface area (Å²) in [6.07, 6.45) is 3.36. The first-order valence-electron chi connectivity index (χ1n) is 9.71. The van der Waals surface area contributed by atoms with Crippen LogP contribution in [-0.2, 0) is 0 Å². The monoisotopic (exact) mass is 353 g/mol. The number of aromatic nitrogens is 1. The van der Waals surface area contributed by atoms with E-state index in [4.69, 9.17) is 4.74 Å². The fourth-order valence-electron chi connectivity index (χ4n) is 3.70. The van der Waals surface area contributed by atoms with Crippen LogP contribution in [0.3, 0.4) is 0 Å². The molecule has 0 N–H and O–H groups in total. The molecule has 5 heteroatoms. The van der Waals surface area contributed by atoms with Gasteiger partial charge in [-0.1, -0.05) is 18.2 Å². The third kappa shape index (κ3) is 3.40. The van der Waals surface area contributed by atoms with E-state index in [-0.39, 0.29) is 12.0 Å². The lowest BCUT2D eigenvalue weighted by Crippen LogP contribution is -2.42. The highest BCUT2D eigenvalue weighted by molar-refractivity contribution is 5.96. The Balaban J connectivity index is 1.54. The lowest BCUT2D eigenvalue weighted by Gasteiger charge is -2.34. The second kappa shape index (κ2) is 7.23. The quantitative estimate of drug-likeness (QED) is 0.846. The highest BCUT2D eigenvalue weighted by Gasteiger charge is 2.24. The summed E-state index contributed by atoms with van der Waals surface area (Å²) in [5, 5.41) is 1.02. The third-order valence-electron chi connectivity index (χ3n) is 5.55. The van der Waals surface area contributed by atoms with Crippen LogP contribution in [0.4, 0.5) is 0 Å². The van der Waals surface area contributed by atoms with E-state index in [2.05, 4.69) is 23.7 Å². The average molecular weight is 353 g/mol. The summed E-state index contributed by atoms with van der Waals surface area (Å²) in [4.78, 5) is 21.5. The molecule has 0 radical (unpaired) electrons. The Hall–Kier alpha value is -2.14. The smallest absolute Gasteiger partial charge is 0.272 e. The summed E-state index contributed by atoms with van der Waals surface area (Å²) in [7, 11) is 0. The molecule has 4 rings (SSSR count). The lowest BCUT2D eigenvalue weighted by molar-refractivity contribution is 0.0646. The van der Waals surface area contributed by atoms with Crippen molar-refractivity contribution in [1.82, 2.24) is 14.8 Å². The molecule has 2 saturated heterocycles. The Kier molecular flexibility index (Phi) is 4.81. The van der Waals surface area contributed by atoms with Gasteiger partial charge in [-0.25, -0.2) is 4.98 Å². The summed E-state index contributed by atoms with van der Waals surface area (Å²) >= 11 is 0. The van der Waals surface area contributed by atoms with Gasteiger partial charge >= 0.3 is 0 Å². The van der Waals surface area contributed by atoms with Crippen LogP contribution in [0.25, 0.3) is 10.9 Å². The molecule has 0 saturated carbocycles. The Morgan fingerprint density at radius 1 is 1.12 bits per heavy atom. The number of para-hydroxylation sites is 1. The van der Waals surface area contributed by atoms with E-state index < -0.39 is 0 Å². The number of piperidine rings is 1. The molecule has 2 aromatic rings. The molecule has 5 nitrogen and oxygen atoms in total. The zero-order valence-electron chi connectivity index (χ0n) is 15.6. The molecular formula is C21H27N3O2. The SMILES string of the molecule is CC(C)N1CCC(Oc2cccc3ccc(C(=O)N4CCC4)nc23)CC1. The molecule has 1 aromatic heterocycles. The molecular weight excluding hydrogens is 326 g/mol. The molecule has 2 aliphatic rings. The Labute approximate surface area is 154 Å². The first kappa shape index (κ1) is 17.3. The topological polar surface area (TPSA) is 45.7 Å². The molecule has 2 fully saturated rings. The van der Waals surface area contributed by atoms with Gasteiger partial charge < -0.3 is 14.5 Å². The van der Waals surface area contributed by atoms with Crippen molar-refractivity contribution in [1.29, 1.82) is 0 Å². The summed E-state index contributed by atoms with van der Waals surface area (Å²) < 4.78 is 6.32. The number of ether oxygens (including phenoxy) is 1. The highest BCUT2D eigenvalue weighted by atomic mass is 16.5. The minimum atomic E-state index is 0.0261. The van der Waals surface area contributed by atoms with Crippen molar-refractivity contribution in [2.75, 3.05) is 26.2 Å². The Morgan fingerprint density at radius 3 is 2.54 bits per heavy atom. The fourth-order valence-corrected chi connectivity index (χ4v) is 3.70. The van der Waals surface area contributed by atoms with Crippen LogP contribution >= 0.6 is 0 Å². The van der Waals surface area contributed by atoms with E-state index in [9.17, 15) is 4.79 Å². The van der Waals surface area contributed by atoms with E-state index in [0.29, 0.717) is 11.7 Å². The maximum Gasteiger partial charge on any atom is 0.272 e. The maximum absolute atomic E-state index is 12.5. The number of carbonyl (C=O) groups excluding carboxylic acids is 1. The largest absolute Gasteiger partial charge is 0.488 e. The predicted octanol–water partition coefficient (Wildman–Crippen LogP) is 3.33. The number of likely N-dealkylation sites (tertiary alicyclic amines) is 2. The number of carbonyl (C=O) groups is 1. The normalized spacial score (nSPS) is 19.0. The van der Waals surface area contributed by atoms with Gasteiger partial charge in [-0.3, -0.25) is 4.79 Å². The summed E-state index contributed by atoms with van der Waals surface area (Å²) in [5.41, 5.74) is 1.31. The zero-order chi connectivity index (χ0) is 18.1. The van der Waals surface area contributed by atoms with Gasteiger partial charge in [0.05, 0.1) is 0 Å². The number of fused-ring (bicyclic) bond motifs is 1. The van der Waals surface area contributed by atoms with Gasteiger partial charge in [0.1, 0.15) is 23.1 Å². The van der Waals surface area contributed by atoms with Crippen molar-refractivity contribution >= 4 is 16.8 Å². The average Bonchev–Trinajstić information content (AvgIpc) is 2.60. The van der Waals surface area contributed by atoms with Crippen molar-refractivity contribution in [3.05, 3.63) is 36.0 Å². The second-order valence-corrected chi connectivity index (χ2v) is 7.62. The summed E-state index contributed by atoms with van der Waals surface area (Å²) in [6, 6.07) is 10.4. The first-order valence-corrected chi connectivity index (χ1v) is 9.71. The van der Waals surface area contributed by atoms with Crippen molar-refractivity contribution in [2.45, 2.75) is 45.3 Å². The molecule has 0 spiro atoms. The van der Waals surface area contributed by atoms with Gasteiger partial charge in [-0.15, -0.1) is 0 Å². The third-order valence-corrected chi connectivity index (χ3v) is 5.55. The molecule has 1 aromatic carbocycles. The van der Waals surface area contributed by atoms with E-state index in [1.165, 1.54) is 0 Å². The molecule has 0 aliphatic carbocycles. The molecule has 2 aliphatic heterocycles. The van der Waals surface area contributed by atoms with Crippen molar-refractivity contribution < 1.29 is 9.53 Å². The van der Waals surface area contributed by atoms with Crippen LogP contribution in [0, 0.1) is 0 Å². The van der Waals surface area contributed by atoms with Gasteiger partial charge in [0.25, 0.3) is 5.91 Å². The standard InChI is InChI=1S/C21H27N3O2/c1-15(2)23-13-9-17(10-14-23)26-19-6-3-5-16-7-8-18(22-20(16)19)21(25)24-11-4-12-24/h3,5-8,15,17H,4,9-14H2,1-2H3. The molecule has 138 valence electrons. The van der Waals surface area contributed by atoms with E-state index in [0.717, 1.165) is 62.1 Å². The molecule has 0 atom stereocenters. The van der Waals surface area contributed by atoms with Crippen molar-refractivity contribution in [3.8, 4) is 5.75 Å². The molecule has 0 unspecified atom stereocenters. The van der Waals surface area contributed by atoms with Gasteiger partial charge in [-0.05, 0) is 45.2 Å².